The van der Waals surface area contributed by atoms with Crippen molar-refractivity contribution in [2.75, 3.05) is 0 Å². The van der Waals surface area contributed by atoms with Gasteiger partial charge in [-0.2, -0.15) is 4.73 Å². The van der Waals surface area contributed by atoms with Crippen molar-refractivity contribution in [1.82, 2.24) is 5.32 Å². The fraction of sp³-hybridized carbons (Fsp3) is 0.500. The molecule has 2 rings (SSSR count). The first-order valence-electron chi connectivity index (χ1n) is 5.75. The van der Waals surface area contributed by atoms with E-state index in [9.17, 15) is 10.0 Å². The van der Waals surface area contributed by atoms with E-state index in [1.807, 2.05) is 0 Å². The number of nitrogens with zero attached hydrogens (tertiary/aromatic N) is 1. The number of nitrogens with one attached hydrogen (secondary N) is 1. The molecule has 0 spiro atoms. The minimum absolute atomic E-state index is 0.0764. The van der Waals surface area contributed by atoms with Gasteiger partial charge in [0, 0.05) is 18.2 Å². The molecule has 1 fully saturated rings. The summed E-state index contributed by atoms with van der Waals surface area (Å²) in [5.74, 6) is -0.0764. The summed E-state index contributed by atoms with van der Waals surface area (Å²) < 4.78 is 0.678. The van der Waals surface area contributed by atoms with Crippen molar-refractivity contribution in [3.8, 4) is 0 Å². The molecule has 1 heterocycles. The number of carbonyl (C=O) groups is 1. The predicted octanol–water partition coefficient (Wildman–Crippen LogP) is 1.38. The molecule has 1 aromatic rings. The van der Waals surface area contributed by atoms with Gasteiger partial charge >= 0.3 is 0 Å². The molecular formula is C12H16N2O2. The second-order valence-electron chi connectivity index (χ2n) is 4.26. The quantitative estimate of drug-likeness (QED) is 0.604. The van der Waals surface area contributed by atoms with Crippen LogP contribution < -0.4 is 10.0 Å². The van der Waals surface area contributed by atoms with Crippen molar-refractivity contribution in [2.45, 2.75) is 38.1 Å². The standard InChI is InChI=1S/C12H16N2O2/c15-12(10-6-8-14(16)9-7-10)13-11-4-2-1-3-5-11/h6-9,11H,1-5H2,(H,13,15). The van der Waals surface area contributed by atoms with Crippen LogP contribution in [-0.2, 0) is 0 Å². The Bertz CT molecular complexity index is 356. The highest BCUT2D eigenvalue weighted by atomic mass is 16.5. The maximum absolute atomic E-state index is 11.8. The van der Waals surface area contributed by atoms with E-state index >= 15 is 0 Å². The van der Waals surface area contributed by atoms with E-state index < -0.39 is 0 Å². The molecule has 1 aliphatic rings. The van der Waals surface area contributed by atoms with Gasteiger partial charge in [-0.3, -0.25) is 4.79 Å². The molecule has 4 heteroatoms. The number of amides is 1. The lowest BCUT2D eigenvalue weighted by atomic mass is 9.95. The third-order valence-electron chi connectivity index (χ3n) is 3.00. The summed E-state index contributed by atoms with van der Waals surface area (Å²) in [6.45, 7) is 0. The van der Waals surface area contributed by atoms with Crippen molar-refractivity contribution in [1.29, 1.82) is 0 Å². The zero-order valence-corrected chi connectivity index (χ0v) is 9.19. The van der Waals surface area contributed by atoms with Crippen LogP contribution in [0, 0.1) is 5.21 Å². The third-order valence-corrected chi connectivity index (χ3v) is 3.00. The predicted molar refractivity (Wildman–Crippen MR) is 59.7 cm³/mol. The summed E-state index contributed by atoms with van der Waals surface area (Å²) in [5.41, 5.74) is 0.553. The van der Waals surface area contributed by atoms with Gasteiger partial charge < -0.3 is 10.5 Å². The molecule has 0 aromatic carbocycles. The molecule has 1 amide bonds. The van der Waals surface area contributed by atoms with Crippen LogP contribution in [-0.4, -0.2) is 11.9 Å². The number of pyridine rings is 1. The Morgan fingerprint density at radius 2 is 1.88 bits per heavy atom. The largest absolute Gasteiger partial charge is 0.619 e. The maximum Gasteiger partial charge on any atom is 0.251 e. The van der Waals surface area contributed by atoms with Gasteiger partial charge in [0.25, 0.3) is 5.91 Å². The highest BCUT2D eigenvalue weighted by molar-refractivity contribution is 5.94. The molecule has 1 N–H and O–H groups in total. The minimum Gasteiger partial charge on any atom is -0.619 e. The molecule has 1 aliphatic carbocycles. The lowest BCUT2D eigenvalue weighted by molar-refractivity contribution is -0.605. The summed E-state index contributed by atoms with van der Waals surface area (Å²) in [7, 11) is 0. The first-order valence-corrected chi connectivity index (χ1v) is 5.75. The molecule has 1 saturated carbocycles. The third kappa shape index (κ3) is 2.72. The Hall–Kier alpha value is -1.58. The lowest BCUT2D eigenvalue weighted by Crippen LogP contribution is -2.36. The van der Waals surface area contributed by atoms with Gasteiger partial charge in [0.05, 0.1) is 5.56 Å². The Morgan fingerprint density at radius 1 is 1.25 bits per heavy atom. The highest BCUT2D eigenvalue weighted by Gasteiger charge is 2.16. The Morgan fingerprint density at radius 3 is 2.50 bits per heavy atom. The van der Waals surface area contributed by atoms with Gasteiger partial charge in [-0.25, -0.2) is 0 Å². The topological polar surface area (TPSA) is 56.0 Å². The second kappa shape index (κ2) is 4.96. The number of aromatic nitrogens is 1. The van der Waals surface area contributed by atoms with Gasteiger partial charge in [0.2, 0.25) is 0 Å². The van der Waals surface area contributed by atoms with Crippen LogP contribution in [0.1, 0.15) is 42.5 Å². The number of carbonyl (C=O) groups excluding carboxylic acids is 1. The molecule has 0 aliphatic heterocycles. The van der Waals surface area contributed by atoms with Gasteiger partial charge in [-0.15, -0.1) is 0 Å². The van der Waals surface area contributed by atoms with Crippen LogP contribution in [0.2, 0.25) is 0 Å². The first kappa shape index (κ1) is 10.9. The molecule has 4 nitrogen and oxygen atoms in total. The summed E-state index contributed by atoms with van der Waals surface area (Å²) in [4.78, 5) is 11.8. The smallest absolute Gasteiger partial charge is 0.251 e. The van der Waals surface area contributed by atoms with E-state index in [4.69, 9.17) is 0 Å². The van der Waals surface area contributed by atoms with Crippen molar-refractivity contribution in [3.05, 3.63) is 35.3 Å². The normalized spacial score (nSPS) is 17.0. The van der Waals surface area contributed by atoms with E-state index in [0.29, 0.717) is 16.3 Å². The van der Waals surface area contributed by atoms with Crippen molar-refractivity contribution in [2.24, 2.45) is 0 Å². The summed E-state index contributed by atoms with van der Waals surface area (Å²) >= 11 is 0. The fourth-order valence-electron chi connectivity index (χ4n) is 2.08. The average Bonchev–Trinajstić information content (AvgIpc) is 2.31. The van der Waals surface area contributed by atoms with E-state index in [1.54, 1.807) is 12.1 Å². The lowest BCUT2D eigenvalue weighted by Gasteiger charge is -2.22. The molecule has 16 heavy (non-hydrogen) atoms. The molecule has 0 radical (unpaired) electrons. The van der Waals surface area contributed by atoms with E-state index in [2.05, 4.69) is 5.32 Å². The van der Waals surface area contributed by atoms with Crippen molar-refractivity contribution >= 4 is 5.91 Å². The SMILES string of the molecule is O=C(NC1CCCCC1)c1cc[n+]([O-])cc1. The molecular weight excluding hydrogens is 204 g/mol. The van der Waals surface area contributed by atoms with Crippen LogP contribution in [0.5, 0.6) is 0 Å². The first-order chi connectivity index (χ1) is 7.75. The van der Waals surface area contributed by atoms with Crippen LogP contribution in [0.4, 0.5) is 0 Å². The molecule has 0 atom stereocenters. The summed E-state index contributed by atoms with van der Waals surface area (Å²) in [6, 6.07) is 3.40. The van der Waals surface area contributed by atoms with Crippen LogP contribution in [0.25, 0.3) is 0 Å². The summed E-state index contributed by atoms with van der Waals surface area (Å²) in [5, 5.41) is 13.8. The molecule has 86 valence electrons. The van der Waals surface area contributed by atoms with Crippen LogP contribution in [0.3, 0.4) is 0 Å². The van der Waals surface area contributed by atoms with Gasteiger partial charge in [-0.1, -0.05) is 19.3 Å². The fourth-order valence-corrected chi connectivity index (χ4v) is 2.08. The van der Waals surface area contributed by atoms with E-state index in [1.165, 1.54) is 31.7 Å². The van der Waals surface area contributed by atoms with Gasteiger partial charge in [0.15, 0.2) is 12.4 Å². The van der Waals surface area contributed by atoms with E-state index in [-0.39, 0.29) is 5.91 Å². The molecule has 0 saturated heterocycles. The maximum atomic E-state index is 11.8. The monoisotopic (exact) mass is 220 g/mol. The summed E-state index contributed by atoms with van der Waals surface area (Å²) in [6.07, 6.45) is 8.49. The zero-order chi connectivity index (χ0) is 11.4. The molecule has 0 unspecified atom stereocenters. The average molecular weight is 220 g/mol. The minimum atomic E-state index is -0.0764. The van der Waals surface area contributed by atoms with Gasteiger partial charge in [-0.05, 0) is 12.8 Å². The van der Waals surface area contributed by atoms with Crippen LogP contribution >= 0.6 is 0 Å². The van der Waals surface area contributed by atoms with Gasteiger partial charge in [0.1, 0.15) is 0 Å². The second-order valence-corrected chi connectivity index (χ2v) is 4.26. The van der Waals surface area contributed by atoms with E-state index in [0.717, 1.165) is 12.8 Å². The highest BCUT2D eigenvalue weighted by Crippen LogP contribution is 2.17. The molecule has 1 aromatic heterocycles. The molecule has 0 bridgehead atoms. The van der Waals surface area contributed by atoms with Crippen molar-refractivity contribution < 1.29 is 9.52 Å². The zero-order valence-electron chi connectivity index (χ0n) is 9.19. The number of hydrogen-bond donors (Lipinski definition) is 1. The number of rotatable bonds is 2. The van der Waals surface area contributed by atoms with Crippen LogP contribution in [0.15, 0.2) is 24.5 Å². The Balaban J connectivity index is 1.94. The Kier molecular flexibility index (Phi) is 3.39. The van der Waals surface area contributed by atoms with Crippen molar-refractivity contribution in [3.63, 3.8) is 0 Å². The Labute approximate surface area is 94.9 Å². The number of hydrogen-bond acceptors (Lipinski definition) is 2.